The lowest BCUT2D eigenvalue weighted by Crippen LogP contribution is -2.43. The van der Waals surface area contributed by atoms with Crippen molar-refractivity contribution in [1.82, 2.24) is 5.32 Å². The molecule has 8 nitrogen and oxygen atoms in total. The van der Waals surface area contributed by atoms with Crippen LogP contribution in [-0.4, -0.2) is 55.6 Å². The first-order chi connectivity index (χ1) is 14.4. The molecule has 0 radical (unpaired) electrons. The smallest absolute Gasteiger partial charge is 0.338 e. The highest BCUT2D eigenvalue weighted by molar-refractivity contribution is 7.98. The Morgan fingerprint density at radius 3 is 2.67 bits per heavy atom. The third kappa shape index (κ3) is 6.29. The molecule has 1 aromatic carbocycles. The maximum absolute atomic E-state index is 12.8. The van der Waals surface area contributed by atoms with E-state index in [-0.39, 0.29) is 35.3 Å². The van der Waals surface area contributed by atoms with E-state index < -0.39 is 18.0 Å². The zero-order valence-corrected chi connectivity index (χ0v) is 18.4. The Morgan fingerprint density at radius 2 is 1.97 bits per heavy atom. The molecule has 1 aliphatic rings. The number of hydrogen-bond acceptors (Lipinski definition) is 8. The van der Waals surface area contributed by atoms with Crippen LogP contribution in [0.4, 0.5) is 0 Å². The summed E-state index contributed by atoms with van der Waals surface area (Å²) >= 11 is 1.30. The van der Waals surface area contributed by atoms with E-state index in [4.69, 9.17) is 14.2 Å². The average Bonchev–Trinajstić information content (AvgIpc) is 2.72. The van der Waals surface area contributed by atoms with Gasteiger partial charge in [0.2, 0.25) is 5.91 Å². The number of rotatable bonds is 2. The van der Waals surface area contributed by atoms with Crippen LogP contribution in [0.2, 0.25) is 0 Å². The van der Waals surface area contributed by atoms with E-state index in [9.17, 15) is 19.5 Å². The van der Waals surface area contributed by atoms with Crippen LogP contribution in [0.25, 0.3) is 0 Å². The first kappa shape index (κ1) is 23.9. The van der Waals surface area contributed by atoms with E-state index in [1.54, 1.807) is 6.92 Å². The number of phenols is 1. The van der Waals surface area contributed by atoms with Crippen LogP contribution >= 0.6 is 11.8 Å². The molecule has 0 saturated heterocycles. The molecular formula is C21H29NO7S. The van der Waals surface area contributed by atoms with Crippen molar-refractivity contribution in [2.24, 2.45) is 0 Å². The number of carbonyl (C=O) groups excluding carboxylic acids is 3. The molecule has 30 heavy (non-hydrogen) atoms. The van der Waals surface area contributed by atoms with Crippen molar-refractivity contribution in [3.05, 3.63) is 22.8 Å². The van der Waals surface area contributed by atoms with Crippen LogP contribution in [0, 0.1) is 6.92 Å². The molecule has 0 unspecified atom stereocenters. The summed E-state index contributed by atoms with van der Waals surface area (Å²) in [5.41, 5.74) is 1.25. The van der Waals surface area contributed by atoms with Crippen molar-refractivity contribution in [2.45, 2.75) is 50.8 Å². The quantitative estimate of drug-likeness (QED) is 0.677. The van der Waals surface area contributed by atoms with E-state index in [0.29, 0.717) is 36.1 Å². The van der Waals surface area contributed by atoms with Crippen LogP contribution in [-0.2, 0) is 24.8 Å². The Bertz CT molecular complexity index is 781. The largest absolute Gasteiger partial charge is 0.507 e. The number of hydrogen-bond donors (Lipinski definition) is 2. The number of fused-ring (bicyclic) bond motifs is 1. The minimum Gasteiger partial charge on any atom is -0.507 e. The van der Waals surface area contributed by atoms with Gasteiger partial charge in [0.1, 0.15) is 17.5 Å². The monoisotopic (exact) mass is 439 g/mol. The van der Waals surface area contributed by atoms with Crippen molar-refractivity contribution in [3.8, 4) is 11.5 Å². The fraction of sp³-hybridized carbons (Fsp3) is 0.571. The molecule has 1 amide bonds. The van der Waals surface area contributed by atoms with Crippen molar-refractivity contribution in [2.75, 3.05) is 26.6 Å². The highest BCUT2D eigenvalue weighted by Crippen LogP contribution is 2.35. The number of aromatic hydroxyl groups is 1. The van der Waals surface area contributed by atoms with E-state index in [0.717, 1.165) is 12.8 Å². The van der Waals surface area contributed by atoms with E-state index in [1.807, 2.05) is 0 Å². The number of carbonyl (C=O) groups is 3. The van der Waals surface area contributed by atoms with Crippen LogP contribution in [0.1, 0.15) is 53.6 Å². The summed E-state index contributed by atoms with van der Waals surface area (Å²) in [4.78, 5) is 37.0. The standard InChI is InChI=1S/C21H29NO7S/c1-13-17(27-2)10-16(23)14-11-30-12-15(20(25)28-3)22-18(24)8-6-4-5-7-9-29-21(26)19(13)14/h10,15,23H,4-9,11-12H2,1-3H3,(H,22,24)/t15-/m0/s1. The van der Waals surface area contributed by atoms with Gasteiger partial charge in [0.05, 0.1) is 26.4 Å². The lowest BCUT2D eigenvalue weighted by atomic mass is 10.0. The fourth-order valence-corrected chi connectivity index (χ4v) is 4.34. The summed E-state index contributed by atoms with van der Waals surface area (Å²) in [6.07, 6.45) is 3.31. The number of esters is 2. The summed E-state index contributed by atoms with van der Waals surface area (Å²) in [6, 6.07) is 0.650. The van der Waals surface area contributed by atoms with Crippen LogP contribution in [0.15, 0.2) is 6.07 Å². The van der Waals surface area contributed by atoms with Crippen LogP contribution < -0.4 is 10.1 Å². The molecular weight excluding hydrogens is 410 g/mol. The Hall–Kier alpha value is -2.42. The Morgan fingerprint density at radius 1 is 1.23 bits per heavy atom. The van der Waals surface area contributed by atoms with Gasteiger partial charge < -0.3 is 24.6 Å². The lowest BCUT2D eigenvalue weighted by Gasteiger charge is -2.19. The normalized spacial score (nSPS) is 19.2. The van der Waals surface area contributed by atoms with Crippen LogP contribution in [0.3, 0.4) is 0 Å². The highest BCUT2D eigenvalue weighted by Gasteiger charge is 2.25. The minimum absolute atomic E-state index is 0.0864. The van der Waals surface area contributed by atoms with E-state index >= 15 is 0 Å². The lowest BCUT2D eigenvalue weighted by molar-refractivity contribution is -0.144. The van der Waals surface area contributed by atoms with Gasteiger partial charge in [-0.3, -0.25) is 4.79 Å². The molecule has 0 aliphatic carbocycles. The summed E-state index contributed by atoms with van der Waals surface area (Å²) < 4.78 is 15.5. The van der Waals surface area contributed by atoms with Crippen molar-refractivity contribution >= 4 is 29.6 Å². The summed E-state index contributed by atoms with van der Waals surface area (Å²) in [5.74, 6) is -0.469. The molecule has 1 aromatic rings. The van der Waals surface area contributed by atoms with Crippen molar-refractivity contribution < 1.29 is 33.7 Å². The zero-order chi connectivity index (χ0) is 22.1. The minimum atomic E-state index is -0.808. The number of methoxy groups -OCH3 is 2. The molecule has 0 fully saturated rings. The topological polar surface area (TPSA) is 111 Å². The number of benzene rings is 1. The van der Waals surface area contributed by atoms with Gasteiger partial charge in [-0.25, -0.2) is 9.59 Å². The van der Waals surface area contributed by atoms with Gasteiger partial charge >= 0.3 is 11.9 Å². The molecule has 9 heteroatoms. The third-order valence-corrected chi connectivity index (χ3v) is 5.99. The predicted octanol–water partition coefficient (Wildman–Crippen LogP) is 2.72. The first-order valence-electron chi connectivity index (χ1n) is 9.90. The second kappa shape index (κ2) is 11.7. The SMILES string of the molecule is COC(=O)[C@@H]1CSCc2c(O)cc(OC)c(C)c2C(=O)OCCCCCCC(=O)N1. The molecule has 1 aliphatic heterocycles. The fourth-order valence-electron chi connectivity index (χ4n) is 3.27. The van der Waals surface area contributed by atoms with Gasteiger partial charge in [-0.05, 0) is 19.8 Å². The highest BCUT2D eigenvalue weighted by atomic mass is 32.2. The number of phenolic OH excluding ortho intramolecular Hbond substituents is 1. The molecule has 166 valence electrons. The zero-order valence-electron chi connectivity index (χ0n) is 17.6. The van der Waals surface area contributed by atoms with E-state index in [2.05, 4.69) is 5.32 Å². The number of thioether (sulfide) groups is 1. The van der Waals surface area contributed by atoms with Crippen molar-refractivity contribution in [3.63, 3.8) is 0 Å². The van der Waals surface area contributed by atoms with Crippen molar-refractivity contribution in [1.29, 1.82) is 0 Å². The predicted molar refractivity (Wildman–Crippen MR) is 113 cm³/mol. The molecule has 0 bridgehead atoms. The van der Waals surface area contributed by atoms with Gasteiger partial charge in [0.15, 0.2) is 0 Å². The Balaban J connectivity index is 2.32. The molecule has 2 rings (SSSR count). The summed E-state index contributed by atoms with van der Waals surface area (Å²) in [7, 11) is 2.73. The molecule has 1 atom stereocenters. The van der Waals surface area contributed by atoms with Gasteiger partial charge in [0, 0.05) is 35.1 Å². The maximum Gasteiger partial charge on any atom is 0.338 e. The number of cyclic esters (lactones) is 1. The average molecular weight is 440 g/mol. The second-order valence-electron chi connectivity index (χ2n) is 7.04. The molecule has 1 heterocycles. The third-order valence-electron chi connectivity index (χ3n) is 4.93. The van der Waals surface area contributed by atoms with Gasteiger partial charge in [-0.1, -0.05) is 12.8 Å². The maximum atomic E-state index is 12.8. The molecule has 0 aromatic heterocycles. The first-order valence-corrected chi connectivity index (χ1v) is 11.1. The number of nitrogens with one attached hydrogen (secondary N) is 1. The Labute approximate surface area is 180 Å². The van der Waals surface area contributed by atoms with Crippen LogP contribution in [0.5, 0.6) is 11.5 Å². The number of ether oxygens (including phenoxy) is 3. The summed E-state index contributed by atoms with van der Waals surface area (Å²) in [5, 5.41) is 13.2. The van der Waals surface area contributed by atoms with E-state index in [1.165, 1.54) is 32.0 Å². The molecule has 0 spiro atoms. The molecule has 2 N–H and O–H groups in total. The number of amides is 1. The summed E-state index contributed by atoms with van der Waals surface area (Å²) in [6.45, 7) is 2.00. The molecule has 0 saturated carbocycles. The second-order valence-corrected chi connectivity index (χ2v) is 8.07. The van der Waals surface area contributed by atoms with Gasteiger partial charge in [-0.2, -0.15) is 11.8 Å². The Kier molecular flexibility index (Phi) is 9.29. The van der Waals surface area contributed by atoms with Gasteiger partial charge in [0.25, 0.3) is 0 Å². The van der Waals surface area contributed by atoms with Gasteiger partial charge in [-0.15, -0.1) is 0 Å².